The summed E-state index contributed by atoms with van der Waals surface area (Å²) in [5.74, 6) is -0.0366. The second-order valence-electron chi connectivity index (χ2n) is 7.81. The van der Waals surface area contributed by atoms with Crippen LogP contribution in [0.15, 0.2) is 42.5 Å². The zero-order chi connectivity index (χ0) is 21.3. The molecule has 1 saturated heterocycles. The van der Waals surface area contributed by atoms with E-state index >= 15 is 0 Å². The highest BCUT2D eigenvalue weighted by Crippen LogP contribution is 2.34. The van der Waals surface area contributed by atoms with Crippen LogP contribution in [0.25, 0.3) is 0 Å². The monoisotopic (exact) mass is 407 g/mol. The Morgan fingerprint density at radius 2 is 2.07 bits per heavy atom. The first-order valence-corrected chi connectivity index (χ1v) is 10.2. The molecule has 2 aliphatic heterocycles. The number of benzene rings is 2. The maximum absolute atomic E-state index is 12.8. The standard InChI is InChI=1S/C23H25N3O4/c1-3-14(2)17-6-4-5-7-19(17)26-12-15(10-22(26)28)23(29)24-16-8-9-20-18(11-16)25-21(27)13-30-20/h4-9,11,14-15H,3,10,12-13H2,1-2H3,(H,24,29)(H,25,27)/t14-,15+/m0/s1. The van der Waals surface area contributed by atoms with Crippen LogP contribution >= 0.6 is 0 Å². The fourth-order valence-electron chi connectivity index (χ4n) is 3.89. The predicted molar refractivity (Wildman–Crippen MR) is 115 cm³/mol. The summed E-state index contributed by atoms with van der Waals surface area (Å²) in [6.07, 6.45) is 1.15. The largest absolute Gasteiger partial charge is 0.482 e. The molecule has 30 heavy (non-hydrogen) atoms. The van der Waals surface area contributed by atoms with Crippen molar-refractivity contribution >= 4 is 34.8 Å². The van der Waals surface area contributed by atoms with Gasteiger partial charge in [0.05, 0.1) is 11.6 Å². The number of nitrogens with zero attached hydrogens (tertiary/aromatic N) is 1. The smallest absolute Gasteiger partial charge is 0.262 e. The number of anilines is 3. The van der Waals surface area contributed by atoms with Crippen molar-refractivity contribution in [3.63, 3.8) is 0 Å². The summed E-state index contributed by atoms with van der Waals surface area (Å²) in [6.45, 7) is 4.59. The molecule has 2 aliphatic rings. The van der Waals surface area contributed by atoms with Gasteiger partial charge in [-0.05, 0) is 42.2 Å². The Hall–Kier alpha value is -3.35. The van der Waals surface area contributed by atoms with Gasteiger partial charge in [-0.3, -0.25) is 14.4 Å². The van der Waals surface area contributed by atoms with E-state index in [0.717, 1.165) is 17.7 Å². The summed E-state index contributed by atoms with van der Waals surface area (Å²) in [5.41, 5.74) is 3.09. The van der Waals surface area contributed by atoms with E-state index < -0.39 is 5.92 Å². The van der Waals surface area contributed by atoms with Crippen molar-refractivity contribution in [3.8, 4) is 5.75 Å². The zero-order valence-corrected chi connectivity index (χ0v) is 17.1. The summed E-state index contributed by atoms with van der Waals surface area (Å²) >= 11 is 0. The number of ether oxygens (including phenoxy) is 1. The van der Waals surface area contributed by atoms with Gasteiger partial charge in [0, 0.05) is 24.3 Å². The summed E-state index contributed by atoms with van der Waals surface area (Å²) in [6, 6.07) is 13.0. The molecule has 1 fully saturated rings. The quantitative estimate of drug-likeness (QED) is 0.794. The van der Waals surface area contributed by atoms with Crippen LogP contribution in [0.5, 0.6) is 5.75 Å². The molecule has 0 radical (unpaired) electrons. The first-order valence-electron chi connectivity index (χ1n) is 10.2. The van der Waals surface area contributed by atoms with Gasteiger partial charge in [-0.1, -0.05) is 32.0 Å². The molecule has 0 aromatic heterocycles. The van der Waals surface area contributed by atoms with Gasteiger partial charge in [-0.2, -0.15) is 0 Å². The van der Waals surface area contributed by atoms with E-state index in [0.29, 0.717) is 29.6 Å². The molecule has 2 atom stereocenters. The summed E-state index contributed by atoms with van der Waals surface area (Å²) in [4.78, 5) is 38.8. The zero-order valence-electron chi connectivity index (χ0n) is 17.1. The summed E-state index contributed by atoms with van der Waals surface area (Å²) < 4.78 is 5.34. The number of amides is 3. The summed E-state index contributed by atoms with van der Waals surface area (Å²) in [7, 11) is 0. The van der Waals surface area contributed by atoms with Gasteiger partial charge < -0.3 is 20.3 Å². The van der Waals surface area contributed by atoms with Crippen molar-refractivity contribution in [2.45, 2.75) is 32.6 Å². The third kappa shape index (κ3) is 3.87. The predicted octanol–water partition coefficient (Wildman–Crippen LogP) is 3.52. The normalized spacial score (nSPS) is 19.0. The van der Waals surface area contributed by atoms with Gasteiger partial charge in [-0.25, -0.2) is 0 Å². The van der Waals surface area contributed by atoms with Crippen molar-refractivity contribution in [2.24, 2.45) is 5.92 Å². The second-order valence-corrected chi connectivity index (χ2v) is 7.81. The molecule has 2 aromatic carbocycles. The molecular weight excluding hydrogens is 382 g/mol. The lowest BCUT2D eigenvalue weighted by Gasteiger charge is -2.23. The van der Waals surface area contributed by atoms with Crippen LogP contribution in [0.3, 0.4) is 0 Å². The average Bonchev–Trinajstić information content (AvgIpc) is 3.14. The number of carbonyl (C=O) groups excluding carboxylic acids is 3. The fourth-order valence-corrected chi connectivity index (χ4v) is 3.89. The van der Waals surface area contributed by atoms with Crippen molar-refractivity contribution in [1.29, 1.82) is 0 Å². The number of hydrogen-bond acceptors (Lipinski definition) is 4. The van der Waals surface area contributed by atoms with E-state index in [2.05, 4.69) is 24.5 Å². The van der Waals surface area contributed by atoms with Gasteiger partial charge in [-0.15, -0.1) is 0 Å². The minimum Gasteiger partial charge on any atom is -0.482 e. The van der Waals surface area contributed by atoms with E-state index in [9.17, 15) is 14.4 Å². The number of para-hydroxylation sites is 1. The van der Waals surface area contributed by atoms with E-state index in [1.165, 1.54) is 0 Å². The van der Waals surface area contributed by atoms with Gasteiger partial charge in [0.25, 0.3) is 5.91 Å². The molecule has 2 heterocycles. The fraction of sp³-hybridized carbons (Fsp3) is 0.348. The average molecular weight is 407 g/mol. The molecule has 0 unspecified atom stereocenters. The lowest BCUT2D eigenvalue weighted by Crippen LogP contribution is -2.29. The Morgan fingerprint density at radius 3 is 2.87 bits per heavy atom. The van der Waals surface area contributed by atoms with Crippen LogP contribution in [-0.2, 0) is 14.4 Å². The molecule has 7 heteroatoms. The number of carbonyl (C=O) groups is 3. The Kier molecular flexibility index (Phi) is 5.44. The Labute approximate surface area is 175 Å². The van der Waals surface area contributed by atoms with E-state index in [4.69, 9.17) is 4.74 Å². The molecule has 7 nitrogen and oxygen atoms in total. The Bertz CT molecular complexity index is 1000. The second kappa shape index (κ2) is 8.18. The van der Waals surface area contributed by atoms with Crippen LogP contribution in [0.2, 0.25) is 0 Å². The molecule has 4 rings (SSSR count). The van der Waals surface area contributed by atoms with Crippen molar-refractivity contribution < 1.29 is 19.1 Å². The highest BCUT2D eigenvalue weighted by atomic mass is 16.5. The van der Waals surface area contributed by atoms with Gasteiger partial charge in [0.2, 0.25) is 11.8 Å². The third-order valence-electron chi connectivity index (χ3n) is 5.75. The topological polar surface area (TPSA) is 87.7 Å². The van der Waals surface area contributed by atoms with Crippen molar-refractivity contribution in [1.82, 2.24) is 0 Å². The molecule has 0 spiro atoms. The Morgan fingerprint density at radius 1 is 1.27 bits per heavy atom. The summed E-state index contributed by atoms with van der Waals surface area (Å²) in [5, 5.41) is 5.59. The first kappa shape index (κ1) is 19.9. The third-order valence-corrected chi connectivity index (χ3v) is 5.75. The van der Waals surface area contributed by atoms with E-state index in [-0.39, 0.29) is 30.7 Å². The first-order chi connectivity index (χ1) is 14.5. The Balaban J connectivity index is 1.48. The molecule has 0 aliphatic carbocycles. The molecular formula is C23H25N3O4. The number of fused-ring (bicyclic) bond motifs is 1. The van der Waals surface area contributed by atoms with Crippen molar-refractivity contribution in [3.05, 3.63) is 48.0 Å². The molecule has 2 N–H and O–H groups in total. The molecule has 0 saturated carbocycles. The maximum atomic E-state index is 12.8. The maximum Gasteiger partial charge on any atom is 0.262 e. The van der Waals surface area contributed by atoms with Gasteiger partial charge in [0.15, 0.2) is 6.61 Å². The lowest BCUT2D eigenvalue weighted by molar-refractivity contribution is -0.122. The highest BCUT2D eigenvalue weighted by Gasteiger charge is 2.36. The van der Waals surface area contributed by atoms with Crippen LogP contribution in [0, 0.1) is 5.92 Å². The van der Waals surface area contributed by atoms with Crippen LogP contribution in [0.1, 0.15) is 38.2 Å². The van der Waals surface area contributed by atoms with Crippen molar-refractivity contribution in [2.75, 3.05) is 28.7 Å². The van der Waals surface area contributed by atoms with E-state index in [1.54, 1.807) is 23.1 Å². The number of hydrogen-bond donors (Lipinski definition) is 2. The molecule has 2 aromatic rings. The SMILES string of the molecule is CC[C@H](C)c1ccccc1N1C[C@H](C(=O)Nc2ccc3c(c2)NC(=O)CO3)CC1=O. The minimum atomic E-state index is -0.440. The number of rotatable bonds is 5. The van der Waals surface area contributed by atoms with Crippen LogP contribution in [-0.4, -0.2) is 30.9 Å². The molecule has 156 valence electrons. The van der Waals surface area contributed by atoms with E-state index in [1.807, 2.05) is 24.3 Å². The van der Waals surface area contributed by atoms with Crippen LogP contribution < -0.4 is 20.3 Å². The number of nitrogens with one attached hydrogen (secondary N) is 2. The lowest BCUT2D eigenvalue weighted by atomic mass is 9.96. The molecule has 3 amide bonds. The molecule has 0 bridgehead atoms. The van der Waals surface area contributed by atoms with Gasteiger partial charge in [0.1, 0.15) is 5.75 Å². The van der Waals surface area contributed by atoms with Crippen LogP contribution in [0.4, 0.5) is 17.1 Å². The highest BCUT2D eigenvalue weighted by molar-refractivity contribution is 6.04. The van der Waals surface area contributed by atoms with Gasteiger partial charge >= 0.3 is 0 Å². The minimum absolute atomic E-state index is 0.0170.